The Hall–Kier alpha value is -5.25. The van der Waals surface area contributed by atoms with Crippen molar-refractivity contribution >= 4 is 59.9 Å². The zero-order chi connectivity index (χ0) is 27.5. The Morgan fingerprint density at radius 2 is 1.34 bits per heavy atom. The summed E-state index contributed by atoms with van der Waals surface area (Å²) in [5.74, 6) is 0. The SMILES string of the molecule is N#Cc1cc(-c2nc3c(nc2-c2ccc4c(c2)c2ccccc2n4-c2ccccc2)oc2ccccc23)ccc1Br. The maximum absolute atomic E-state index is 9.74. The van der Waals surface area contributed by atoms with Gasteiger partial charge in [0.1, 0.15) is 22.9 Å². The Labute approximate surface area is 243 Å². The predicted octanol–water partition coefficient (Wildman–Crippen LogP) is 9.44. The van der Waals surface area contributed by atoms with Gasteiger partial charge < -0.3 is 8.98 Å². The van der Waals surface area contributed by atoms with Crippen LogP contribution in [-0.2, 0) is 0 Å². The Balaban J connectivity index is 1.44. The lowest BCUT2D eigenvalue weighted by molar-refractivity contribution is 0.653. The second kappa shape index (κ2) is 9.16. The number of hydrogen-bond acceptors (Lipinski definition) is 4. The molecule has 0 atom stereocenters. The van der Waals surface area contributed by atoms with Crippen LogP contribution in [0.25, 0.3) is 72.2 Å². The first-order valence-electron chi connectivity index (χ1n) is 13.2. The van der Waals surface area contributed by atoms with Crippen LogP contribution >= 0.6 is 15.9 Å². The fourth-order valence-corrected chi connectivity index (χ4v) is 5.99. The number of benzene rings is 5. The molecule has 0 amide bonds. The summed E-state index contributed by atoms with van der Waals surface area (Å²) in [5.41, 5.74) is 8.92. The molecule has 0 bridgehead atoms. The molecule has 8 rings (SSSR count). The molecule has 8 aromatic rings. The van der Waals surface area contributed by atoms with E-state index in [0.29, 0.717) is 28.2 Å². The van der Waals surface area contributed by atoms with E-state index in [4.69, 9.17) is 14.4 Å². The van der Waals surface area contributed by atoms with Crippen molar-refractivity contribution in [2.24, 2.45) is 0 Å². The van der Waals surface area contributed by atoms with Gasteiger partial charge in [0, 0.05) is 37.4 Å². The zero-order valence-electron chi connectivity index (χ0n) is 21.5. The minimum Gasteiger partial charge on any atom is -0.436 e. The lowest BCUT2D eigenvalue weighted by atomic mass is 10.0. The third kappa shape index (κ3) is 3.67. The average molecular weight is 591 g/mol. The van der Waals surface area contributed by atoms with Crippen LogP contribution in [0.4, 0.5) is 0 Å². The van der Waals surface area contributed by atoms with Crippen LogP contribution in [0.15, 0.2) is 124 Å². The molecule has 5 nitrogen and oxygen atoms in total. The molecule has 0 fully saturated rings. The molecule has 0 radical (unpaired) electrons. The van der Waals surface area contributed by atoms with Crippen LogP contribution in [0.1, 0.15) is 5.56 Å². The van der Waals surface area contributed by atoms with Gasteiger partial charge in [-0.3, -0.25) is 0 Å². The smallest absolute Gasteiger partial charge is 0.246 e. The van der Waals surface area contributed by atoms with E-state index in [1.54, 1.807) is 0 Å². The highest BCUT2D eigenvalue weighted by Gasteiger charge is 2.20. The van der Waals surface area contributed by atoms with Gasteiger partial charge in [-0.05, 0) is 70.5 Å². The number of fused-ring (bicyclic) bond motifs is 6. The average Bonchev–Trinajstić information content (AvgIpc) is 3.56. The second-order valence-corrected chi connectivity index (χ2v) is 10.8. The molecule has 6 heteroatoms. The van der Waals surface area contributed by atoms with E-state index in [1.165, 1.54) is 0 Å². The predicted molar refractivity (Wildman–Crippen MR) is 167 cm³/mol. The summed E-state index contributed by atoms with van der Waals surface area (Å²) in [6, 6.07) is 41.1. The molecule has 41 heavy (non-hydrogen) atoms. The summed E-state index contributed by atoms with van der Waals surface area (Å²) in [4.78, 5) is 10.2. The number of aromatic nitrogens is 3. The number of nitrogens with zero attached hydrogens (tertiary/aromatic N) is 4. The van der Waals surface area contributed by atoms with Crippen molar-refractivity contribution in [3.63, 3.8) is 0 Å². The molecule has 3 aromatic heterocycles. The van der Waals surface area contributed by atoms with Gasteiger partial charge in [-0.1, -0.05) is 60.7 Å². The molecule has 192 valence electrons. The van der Waals surface area contributed by atoms with Gasteiger partial charge >= 0.3 is 0 Å². The third-order valence-electron chi connectivity index (χ3n) is 7.53. The molecule has 0 N–H and O–H groups in total. The normalized spacial score (nSPS) is 11.5. The first-order valence-corrected chi connectivity index (χ1v) is 14.0. The first kappa shape index (κ1) is 23.6. The third-order valence-corrected chi connectivity index (χ3v) is 8.22. The van der Waals surface area contributed by atoms with Crippen LogP contribution in [0.3, 0.4) is 0 Å². The van der Waals surface area contributed by atoms with Crippen LogP contribution in [0, 0.1) is 11.3 Å². The van der Waals surface area contributed by atoms with Crippen molar-refractivity contribution in [1.29, 1.82) is 5.26 Å². The second-order valence-electron chi connectivity index (χ2n) is 9.90. The van der Waals surface area contributed by atoms with E-state index in [-0.39, 0.29) is 0 Å². The molecular formula is C35H19BrN4O. The minimum absolute atomic E-state index is 0.481. The Morgan fingerprint density at radius 3 is 2.20 bits per heavy atom. The van der Waals surface area contributed by atoms with E-state index in [9.17, 15) is 5.26 Å². The van der Waals surface area contributed by atoms with Crippen molar-refractivity contribution in [1.82, 2.24) is 14.5 Å². The van der Waals surface area contributed by atoms with Gasteiger partial charge in [0.15, 0.2) is 0 Å². The van der Waals surface area contributed by atoms with E-state index in [0.717, 1.165) is 54.1 Å². The van der Waals surface area contributed by atoms with Gasteiger partial charge in [0.2, 0.25) is 5.71 Å². The quantitative estimate of drug-likeness (QED) is 0.205. The molecule has 5 aromatic carbocycles. The Morgan fingerprint density at radius 1 is 0.659 bits per heavy atom. The molecule has 0 aliphatic heterocycles. The highest BCUT2D eigenvalue weighted by Crippen LogP contribution is 2.39. The summed E-state index contributed by atoms with van der Waals surface area (Å²) >= 11 is 3.49. The van der Waals surface area contributed by atoms with Gasteiger partial charge in [-0.2, -0.15) is 5.26 Å². The standard InChI is InChI=1S/C35H19BrN4O/c36-28-16-14-21(18-23(28)20-37)32-33(39-35-34(38-32)26-11-5-7-13-31(26)41-35)22-15-17-30-27(19-22)25-10-4-6-12-29(25)40(30)24-8-2-1-3-9-24/h1-19H. The summed E-state index contributed by atoms with van der Waals surface area (Å²) in [6.07, 6.45) is 0. The van der Waals surface area contributed by atoms with Crippen molar-refractivity contribution in [3.05, 3.63) is 125 Å². The Bertz CT molecular complexity index is 2350. The molecule has 0 aliphatic rings. The molecule has 0 aliphatic carbocycles. The number of furan rings is 1. The van der Waals surface area contributed by atoms with Crippen molar-refractivity contribution in [3.8, 4) is 34.3 Å². The van der Waals surface area contributed by atoms with Crippen LogP contribution < -0.4 is 0 Å². The molecular weight excluding hydrogens is 572 g/mol. The Kier molecular flexibility index (Phi) is 5.28. The van der Waals surface area contributed by atoms with E-state index in [2.05, 4.69) is 93.3 Å². The number of halogens is 1. The molecule has 3 heterocycles. The molecule has 0 unspecified atom stereocenters. The fourth-order valence-electron chi connectivity index (χ4n) is 5.66. The van der Waals surface area contributed by atoms with E-state index < -0.39 is 0 Å². The summed E-state index contributed by atoms with van der Waals surface area (Å²) in [6.45, 7) is 0. The maximum atomic E-state index is 9.74. The lowest BCUT2D eigenvalue weighted by Gasteiger charge is -2.11. The summed E-state index contributed by atoms with van der Waals surface area (Å²) < 4.78 is 9.18. The topological polar surface area (TPSA) is 67.6 Å². The first-order chi connectivity index (χ1) is 20.2. The monoisotopic (exact) mass is 590 g/mol. The zero-order valence-corrected chi connectivity index (χ0v) is 23.1. The fraction of sp³-hybridized carbons (Fsp3) is 0. The van der Waals surface area contributed by atoms with Gasteiger partial charge in [-0.25, -0.2) is 9.97 Å². The minimum atomic E-state index is 0.481. The molecule has 0 saturated heterocycles. The number of hydrogen-bond donors (Lipinski definition) is 0. The molecule has 0 spiro atoms. The lowest BCUT2D eigenvalue weighted by Crippen LogP contribution is -1.96. The van der Waals surface area contributed by atoms with E-state index in [1.807, 2.05) is 48.5 Å². The van der Waals surface area contributed by atoms with Crippen molar-refractivity contribution < 1.29 is 4.42 Å². The maximum Gasteiger partial charge on any atom is 0.246 e. The molecule has 0 saturated carbocycles. The highest BCUT2D eigenvalue weighted by molar-refractivity contribution is 9.10. The van der Waals surface area contributed by atoms with Gasteiger partial charge in [0.05, 0.1) is 22.3 Å². The van der Waals surface area contributed by atoms with Crippen LogP contribution in [0.5, 0.6) is 0 Å². The van der Waals surface area contributed by atoms with E-state index >= 15 is 0 Å². The van der Waals surface area contributed by atoms with Gasteiger partial charge in [0.25, 0.3) is 0 Å². The van der Waals surface area contributed by atoms with Crippen molar-refractivity contribution in [2.45, 2.75) is 0 Å². The summed E-state index contributed by atoms with van der Waals surface area (Å²) in [5, 5.41) is 12.9. The van der Waals surface area contributed by atoms with Gasteiger partial charge in [-0.15, -0.1) is 0 Å². The van der Waals surface area contributed by atoms with Crippen molar-refractivity contribution in [2.75, 3.05) is 0 Å². The van der Waals surface area contributed by atoms with Crippen LogP contribution in [-0.4, -0.2) is 14.5 Å². The van der Waals surface area contributed by atoms with Crippen LogP contribution in [0.2, 0.25) is 0 Å². The number of rotatable bonds is 3. The highest BCUT2D eigenvalue weighted by atomic mass is 79.9. The number of para-hydroxylation sites is 3. The number of nitriles is 1. The largest absolute Gasteiger partial charge is 0.436 e. The summed E-state index contributed by atoms with van der Waals surface area (Å²) in [7, 11) is 0.